The Labute approximate surface area is 160 Å². The first-order chi connectivity index (χ1) is 13.4. The van der Waals surface area contributed by atoms with Gasteiger partial charge < -0.3 is 19.9 Å². The van der Waals surface area contributed by atoms with Crippen molar-refractivity contribution >= 4 is 23.4 Å². The van der Waals surface area contributed by atoms with Crippen LogP contribution in [0, 0.1) is 0 Å². The van der Waals surface area contributed by atoms with Gasteiger partial charge in [0.25, 0.3) is 0 Å². The van der Waals surface area contributed by atoms with E-state index in [0.29, 0.717) is 50.1 Å². The molecule has 1 saturated heterocycles. The van der Waals surface area contributed by atoms with Gasteiger partial charge >= 0.3 is 12.3 Å². The molecular weight excluding hydrogens is 375 g/mol. The second-order valence-electron chi connectivity index (χ2n) is 6.13. The topological polar surface area (TPSA) is 70.6 Å². The SMILES string of the molecule is CCOC(=O)N1CCN(c2cc(Nc3ccc(C(F)(F)F)cc3)ncn2)CC1. The van der Waals surface area contributed by atoms with Crippen LogP contribution in [0.3, 0.4) is 0 Å². The normalized spacial score (nSPS) is 14.7. The van der Waals surface area contributed by atoms with Crippen LogP contribution in [0.5, 0.6) is 0 Å². The summed E-state index contributed by atoms with van der Waals surface area (Å²) in [5.41, 5.74) is -0.217. The van der Waals surface area contributed by atoms with Crippen LogP contribution in [0.25, 0.3) is 0 Å². The molecule has 10 heteroatoms. The van der Waals surface area contributed by atoms with Gasteiger partial charge in [-0.1, -0.05) is 0 Å². The van der Waals surface area contributed by atoms with Crippen molar-refractivity contribution in [2.45, 2.75) is 13.1 Å². The first kappa shape index (κ1) is 19.7. The lowest BCUT2D eigenvalue weighted by Crippen LogP contribution is -2.49. The van der Waals surface area contributed by atoms with Gasteiger partial charge in [0.05, 0.1) is 12.2 Å². The highest BCUT2D eigenvalue weighted by Gasteiger charge is 2.30. The number of benzene rings is 1. The van der Waals surface area contributed by atoms with Gasteiger partial charge in [-0.2, -0.15) is 13.2 Å². The van der Waals surface area contributed by atoms with E-state index in [9.17, 15) is 18.0 Å². The summed E-state index contributed by atoms with van der Waals surface area (Å²) in [6, 6.07) is 6.45. The van der Waals surface area contributed by atoms with Crippen molar-refractivity contribution in [2.24, 2.45) is 0 Å². The van der Waals surface area contributed by atoms with E-state index in [1.165, 1.54) is 18.5 Å². The Hall–Kier alpha value is -3.04. The molecule has 28 heavy (non-hydrogen) atoms. The molecule has 7 nitrogen and oxygen atoms in total. The lowest BCUT2D eigenvalue weighted by atomic mass is 10.2. The monoisotopic (exact) mass is 395 g/mol. The van der Waals surface area contributed by atoms with Gasteiger partial charge in [-0.25, -0.2) is 14.8 Å². The van der Waals surface area contributed by atoms with E-state index >= 15 is 0 Å². The van der Waals surface area contributed by atoms with E-state index in [4.69, 9.17) is 4.74 Å². The van der Waals surface area contributed by atoms with Gasteiger partial charge in [0.1, 0.15) is 18.0 Å². The molecule has 2 aromatic rings. The van der Waals surface area contributed by atoms with Gasteiger partial charge in [-0.05, 0) is 31.2 Å². The van der Waals surface area contributed by atoms with Crippen molar-refractivity contribution in [3.8, 4) is 0 Å². The summed E-state index contributed by atoms with van der Waals surface area (Å²) in [5.74, 6) is 1.14. The number of amides is 1. The second kappa shape index (κ2) is 8.32. The maximum atomic E-state index is 12.6. The summed E-state index contributed by atoms with van der Waals surface area (Å²) in [7, 11) is 0. The smallest absolute Gasteiger partial charge is 0.416 e. The van der Waals surface area contributed by atoms with Crippen molar-refractivity contribution in [3.05, 3.63) is 42.2 Å². The van der Waals surface area contributed by atoms with Gasteiger partial charge in [-0.15, -0.1) is 0 Å². The molecule has 0 bridgehead atoms. The molecule has 0 saturated carbocycles. The van der Waals surface area contributed by atoms with Crippen LogP contribution in [0.1, 0.15) is 12.5 Å². The molecule has 3 rings (SSSR count). The number of alkyl halides is 3. The molecule has 0 aliphatic carbocycles. The zero-order valence-electron chi connectivity index (χ0n) is 15.2. The van der Waals surface area contributed by atoms with E-state index in [1.807, 2.05) is 4.90 Å². The number of anilines is 3. The van der Waals surface area contributed by atoms with E-state index in [0.717, 1.165) is 12.1 Å². The Bertz CT molecular complexity index is 806. The number of halogens is 3. The van der Waals surface area contributed by atoms with Gasteiger partial charge in [0.2, 0.25) is 0 Å². The average molecular weight is 395 g/mol. The Morgan fingerprint density at radius 3 is 2.43 bits per heavy atom. The van der Waals surface area contributed by atoms with E-state index in [2.05, 4.69) is 15.3 Å². The maximum Gasteiger partial charge on any atom is 0.416 e. The molecule has 1 aromatic carbocycles. The largest absolute Gasteiger partial charge is 0.450 e. The fraction of sp³-hybridized carbons (Fsp3) is 0.389. The van der Waals surface area contributed by atoms with Crippen LogP contribution >= 0.6 is 0 Å². The molecule has 1 N–H and O–H groups in total. The molecule has 1 amide bonds. The van der Waals surface area contributed by atoms with Crippen molar-refractivity contribution < 1.29 is 22.7 Å². The lowest BCUT2D eigenvalue weighted by molar-refractivity contribution is -0.137. The molecule has 150 valence electrons. The minimum atomic E-state index is -4.37. The first-order valence-electron chi connectivity index (χ1n) is 8.80. The zero-order chi connectivity index (χ0) is 20.1. The van der Waals surface area contributed by atoms with Gasteiger partial charge in [-0.3, -0.25) is 0 Å². The maximum absolute atomic E-state index is 12.6. The molecule has 0 spiro atoms. The lowest BCUT2D eigenvalue weighted by Gasteiger charge is -2.34. The quantitative estimate of drug-likeness (QED) is 0.854. The third-order valence-electron chi connectivity index (χ3n) is 4.27. The molecule has 0 radical (unpaired) electrons. The summed E-state index contributed by atoms with van der Waals surface area (Å²) < 4.78 is 42.9. The number of hydrogen-bond acceptors (Lipinski definition) is 6. The number of carbonyl (C=O) groups excluding carboxylic acids is 1. The number of ether oxygens (including phenoxy) is 1. The number of nitrogens with zero attached hydrogens (tertiary/aromatic N) is 4. The van der Waals surface area contributed by atoms with Crippen LogP contribution < -0.4 is 10.2 Å². The Balaban J connectivity index is 1.62. The van der Waals surface area contributed by atoms with Crippen LogP contribution in [-0.2, 0) is 10.9 Å². The summed E-state index contributed by atoms with van der Waals surface area (Å²) >= 11 is 0. The van der Waals surface area contributed by atoms with Crippen molar-refractivity contribution in [1.29, 1.82) is 0 Å². The van der Waals surface area contributed by atoms with Crippen LogP contribution in [0.15, 0.2) is 36.7 Å². The number of aromatic nitrogens is 2. The predicted molar refractivity (Wildman–Crippen MR) is 97.6 cm³/mol. The number of piperazine rings is 1. The van der Waals surface area contributed by atoms with Crippen LogP contribution in [0.2, 0.25) is 0 Å². The van der Waals surface area contributed by atoms with E-state index in [-0.39, 0.29) is 6.09 Å². The molecule has 1 aliphatic rings. The number of carbonyl (C=O) groups is 1. The van der Waals surface area contributed by atoms with Crippen molar-refractivity contribution in [2.75, 3.05) is 43.0 Å². The fourth-order valence-electron chi connectivity index (χ4n) is 2.81. The first-order valence-corrected chi connectivity index (χ1v) is 8.80. The summed E-state index contributed by atoms with van der Waals surface area (Å²) in [4.78, 5) is 23.8. The van der Waals surface area contributed by atoms with Gasteiger partial charge in [0, 0.05) is 37.9 Å². The Morgan fingerprint density at radius 2 is 1.82 bits per heavy atom. The minimum Gasteiger partial charge on any atom is -0.450 e. The highest BCUT2D eigenvalue weighted by Crippen LogP contribution is 2.30. The average Bonchev–Trinajstić information content (AvgIpc) is 2.68. The van der Waals surface area contributed by atoms with Crippen LogP contribution in [0.4, 0.5) is 35.3 Å². The number of nitrogens with one attached hydrogen (secondary N) is 1. The third kappa shape index (κ3) is 4.81. The minimum absolute atomic E-state index is 0.325. The molecule has 1 aliphatic heterocycles. The number of rotatable bonds is 4. The Kier molecular flexibility index (Phi) is 5.86. The van der Waals surface area contributed by atoms with Crippen LogP contribution in [-0.4, -0.2) is 53.7 Å². The fourth-order valence-corrected chi connectivity index (χ4v) is 2.81. The van der Waals surface area contributed by atoms with Crippen molar-refractivity contribution in [1.82, 2.24) is 14.9 Å². The van der Waals surface area contributed by atoms with Crippen molar-refractivity contribution in [3.63, 3.8) is 0 Å². The molecule has 1 aromatic heterocycles. The summed E-state index contributed by atoms with van der Waals surface area (Å²) in [5, 5.41) is 2.98. The third-order valence-corrected chi connectivity index (χ3v) is 4.27. The zero-order valence-corrected chi connectivity index (χ0v) is 15.2. The molecule has 0 unspecified atom stereocenters. The highest BCUT2D eigenvalue weighted by atomic mass is 19.4. The van der Waals surface area contributed by atoms with E-state index in [1.54, 1.807) is 17.9 Å². The number of hydrogen-bond donors (Lipinski definition) is 1. The molecule has 1 fully saturated rings. The second-order valence-corrected chi connectivity index (χ2v) is 6.13. The Morgan fingerprint density at radius 1 is 1.14 bits per heavy atom. The summed E-state index contributed by atoms with van der Waals surface area (Å²) in [6.07, 6.45) is -3.30. The molecule has 0 atom stereocenters. The summed E-state index contributed by atoms with van der Waals surface area (Å²) in [6.45, 7) is 4.32. The molecule has 2 heterocycles. The highest BCUT2D eigenvalue weighted by molar-refractivity contribution is 5.68. The van der Waals surface area contributed by atoms with Gasteiger partial charge in [0.15, 0.2) is 0 Å². The molecular formula is C18H20F3N5O2. The standard InChI is InChI=1S/C18H20F3N5O2/c1-2-28-17(27)26-9-7-25(8-10-26)16-11-15(22-12-23-16)24-14-5-3-13(4-6-14)18(19,20)21/h3-6,11-12H,2,7-10H2,1H3,(H,22,23,24). The predicted octanol–water partition coefficient (Wildman–Crippen LogP) is 3.52. The van der Waals surface area contributed by atoms with E-state index < -0.39 is 11.7 Å².